The summed E-state index contributed by atoms with van der Waals surface area (Å²) in [6.45, 7) is 2.90. The van der Waals surface area contributed by atoms with E-state index in [2.05, 4.69) is 16.7 Å². The highest BCUT2D eigenvalue weighted by Gasteiger charge is 2.05. The summed E-state index contributed by atoms with van der Waals surface area (Å²) in [6.07, 6.45) is 0. The van der Waals surface area contributed by atoms with Crippen molar-refractivity contribution in [1.82, 2.24) is 5.32 Å². The molecule has 2 N–H and O–H groups in total. The first kappa shape index (κ1) is 7.90. The second kappa shape index (κ2) is 3.33. The third-order valence-electron chi connectivity index (χ3n) is 2.00. The van der Waals surface area contributed by atoms with Crippen molar-refractivity contribution in [1.29, 1.82) is 0 Å². The van der Waals surface area contributed by atoms with Crippen LogP contribution < -0.4 is 10.6 Å². The van der Waals surface area contributed by atoms with Gasteiger partial charge in [-0.3, -0.25) is 0 Å². The molecule has 0 fully saturated rings. The molecule has 0 saturated heterocycles. The van der Waals surface area contributed by atoms with Crippen LogP contribution in [0, 0.1) is 0 Å². The molecule has 0 aromatic heterocycles. The van der Waals surface area contributed by atoms with Gasteiger partial charge in [0.2, 0.25) is 0 Å². The number of fused-ring (bicyclic) bond motifs is 1. The molecular formula is C9H11ClN2. The van der Waals surface area contributed by atoms with Crippen molar-refractivity contribution in [3.05, 3.63) is 28.8 Å². The summed E-state index contributed by atoms with van der Waals surface area (Å²) < 4.78 is 0. The minimum absolute atomic E-state index is 0.795. The van der Waals surface area contributed by atoms with E-state index in [4.69, 9.17) is 11.6 Å². The lowest BCUT2D eigenvalue weighted by Crippen LogP contribution is -2.16. The predicted octanol–water partition coefficient (Wildman–Crippen LogP) is 1.86. The molecule has 64 valence electrons. The monoisotopic (exact) mass is 182 g/mol. The van der Waals surface area contributed by atoms with Crippen LogP contribution in [-0.2, 0) is 6.54 Å². The van der Waals surface area contributed by atoms with E-state index in [1.165, 1.54) is 5.56 Å². The Balaban J connectivity index is 2.36. The number of anilines is 1. The Morgan fingerprint density at radius 1 is 1.25 bits per heavy atom. The number of benzene rings is 1. The maximum absolute atomic E-state index is 5.87. The maximum atomic E-state index is 5.87. The van der Waals surface area contributed by atoms with Gasteiger partial charge in [0.1, 0.15) is 0 Å². The molecule has 1 aliphatic heterocycles. The van der Waals surface area contributed by atoms with Crippen LogP contribution in [0.4, 0.5) is 5.69 Å². The standard InChI is InChI=1S/C9H11ClN2/c10-8-2-1-7-6-11-3-4-12-9(7)5-8/h1-2,5,11-12H,3-4,6H2. The molecule has 0 atom stereocenters. The van der Waals surface area contributed by atoms with Crippen LogP contribution in [0.2, 0.25) is 5.02 Å². The quantitative estimate of drug-likeness (QED) is 0.640. The summed E-state index contributed by atoms with van der Waals surface area (Å²) in [4.78, 5) is 0. The van der Waals surface area contributed by atoms with E-state index in [1.54, 1.807) is 0 Å². The summed E-state index contributed by atoms with van der Waals surface area (Å²) in [5.74, 6) is 0. The predicted molar refractivity (Wildman–Crippen MR) is 51.6 cm³/mol. The zero-order valence-electron chi connectivity index (χ0n) is 6.73. The molecule has 1 aromatic rings. The largest absolute Gasteiger partial charge is 0.383 e. The van der Waals surface area contributed by atoms with E-state index < -0.39 is 0 Å². The van der Waals surface area contributed by atoms with Crippen molar-refractivity contribution in [3.63, 3.8) is 0 Å². The summed E-state index contributed by atoms with van der Waals surface area (Å²) in [7, 11) is 0. The van der Waals surface area contributed by atoms with Gasteiger partial charge < -0.3 is 10.6 Å². The van der Waals surface area contributed by atoms with E-state index >= 15 is 0 Å². The first-order valence-electron chi connectivity index (χ1n) is 4.09. The van der Waals surface area contributed by atoms with Crippen molar-refractivity contribution < 1.29 is 0 Å². The lowest BCUT2D eigenvalue weighted by Gasteiger charge is -2.06. The second-order valence-corrected chi connectivity index (χ2v) is 3.34. The normalized spacial score (nSPS) is 16.1. The van der Waals surface area contributed by atoms with Crippen LogP contribution in [0.25, 0.3) is 0 Å². The van der Waals surface area contributed by atoms with E-state index in [9.17, 15) is 0 Å². The average Bonchev–Trinajstić information content (AvgIpc) is 2.28. The molecule has 2 rings (SSSR count). The summed E-state index contributed by atoms with van der Waals surface area (Å²) >= 11 is 5.87. The van der Waals surface area contributed by atoms with Gasteiger partial charge in [0.05, 0.1) is 0 Å². The summed E-state index contributed by atoms with van der Waals surface area (Å²) in [6, 6.07) is 5.96. The molecule has 3 heteroatoms. The highest BCUT2D eigenvalue weighted by molar-refractivity contribution is 6.30. The first-order chi connectivity index (χ1) is 5.86. The zero-order chi connectivity index (χ0) is 8.39. The van der Waals surface area contributed by atoms with E-state index in [0.717, 1.165) is 30.3 Å². The molecule has 1 aromatic carbocycles. The molecule has 0 saturated carbocycles. The van der Waals surface area contributed by atoms with Crippen molar-refractivity contribution in [2.45, 2.75) is 6.54 Å². The Hall–Kier alpha value is -0.730. The smallest absolute Gasteiger partial charge is 0.0426 e. The topological polar surface area (TPSA) is 24.1 Å². The molecule has 0 unspecified atom stereocenters. The average molecular weight is 183 g/mol. The fraction of sp³-hybridized carbons (Fsp3) is 0.333. The van der Waals surface area contributed by atoms with Gasteiger partial charge in [0.15, 0.2) is 0 Å². The maximum Gasteiger partial charge on any atom is 0.0426 e. The number of halogens is 1. The van der Waals surface area contributed by atoms with Gasteiger partial charge in [0.25, 0.3) is 0 Å². The SMILES string of the molecule is Clc1ccc2c(c1)NCCNC2. The molecule has 1 heterocycles. The Labute approximate surface area is 76.9 Å². The van der Waals surface area contributed by atoms with Gasteiger partial charge in [-0.05, 0) is 17.7 Å². The molecule has 0 spiro atoms. The Bertz CT molecular complexity index is 286. The van der Waals surface area contributed by atoms with Crippen molar-refractivity contribution in [3.8, 4) is 0 Å². The van der Waals surface area contributed by atoms with Crippen molar-refractivity contribution >= 4 is 17.3 Å². The molecule has 12 heavy (non-hydrogen) atoms. The molecule has 0 amide bonds. The van der Waals surface area contributed by atoms with Crippen LogP contribution in [-0.4, -0.2) is 13.1 Å². The molecular weight excluding hydrogens is 172 g/mol. The first-order valence-corrected chi connectivity index (χ1v) is 4.47. The Kier molecular flexibility index (Phi) is 2.19. The van der Waals surface area contributed by atoms with Gasteiger partial charge in [-0.2, -0.15) is 0 Å². The van der Waals surface area contributed by atoms with Gasteiger partial charge in [-0.15, -0.1) is 0 Å². The van der Waals surface area contributed by atoms with Crippen LogP contribution in [0.3, 0.4) is 0 Å². The molecule has 1 aliphatic rings. The van der Waals surface area contributed by atoms with Gasteiger partial charge in [-0.25, -0.2) is 0 Å². The highest BCUT2D eigenvalue weighted by Crippen LogP contribution is 2.21. The summed E-state index contributed by atoms with van der Waals surface area (Å²) in [5.41, 5.74) is 2.45. The van der Waals surface area contributed by atoms with Crippen molar-refractivity contribution in [2.24, 2.45) is 0 Å². The van der Waals surface area contributed by atoms with Crippen LogP contribution in [0.15, 0.2) is 18.2 Å². The third kappa shape index (κ3) is 1.54. The van der Waals surface area contributed by atoms with Gasteiger partial charge >= 0.3 is 0 Å². The summed E-state index contributed by atoms with van der Waals surface area (Å²) in [5, 5.41) is 7.43. The third-order valence-corrected chi connectivity index (χ3v) is 2.24. The highest BCUT2D eigenvalue weighted by atomic mass is 35.5. The van der Waals surface area contributed by atoms with Crippen molar-refractivity contribution in [2.75, 3.05) is 18.4 Å². The lowest BCUT2D eigenvalue weighted by molar-refractivity contribution is 0.725. The van der Waals surface area contributed by atoms with E-state index in [-0.39, 0.29) is 0 Å². The number of rotatable bonds is 0. The Morgan fingerprint density at radius 2 is 2.17 bits per heavy atom. The number of hydrogen-bond donors (Lipinski definition) is 2. The van der Waals surface area contributed by atoms with Gasteiger partial charge in [-0.1, -0.05) is 17.7 Å². The van der Waals surface area contributed by atoms with Gasteiger partial charge in [0, 0.05) is 30.3 Å². The van der Waals surface area contributed by atoms with E-state index in [1.807, 2.05) is 12.1 Å². The molecule has 0 radical (unpaired) electrons. The van der Waals surface area contributed by atoms with Crippen LogP contribution in [0.1, 0.15) is 5.56 Å². The number of nitrogens with one attached hydrogen (secondary N) is 2. The zero-order valence-corrected chi connectivity index (χ0v) is 7.49. The van der Waals surface area contributed by atoms with Crippen LogP contribution in [0.5, 0.6) is 0 Å². The molecule has 0 bridgehead atoms. The van der Waals surface area contributed by atoms with Crippen LogP contribution >= 0.6 is 11.6 Å². The number of hydrogen-bond acceptors (Lipinski definition) is 2. The second-order valence-electron chi connectivity index (χ2n) is 2.91. The van der Waals surface area contributed by atoms with E-state index in [0.29, 0.717) is 0 Å². The Morgan fingerprint density at radius 3 is 3.08 bits per heavy atom. The minimum atomic E-state index is 0.795. The molecule has 0 aliphatic carbocycles. The fourth-order valence-electron chi connectivity index (χ4n) is 1.38. The minimum Gasteiger partial charge on any atom is -0.383 e. The lowest BCUT2D eigenvalue weighted by atomic mass is 10.2. The fourth-order valence-corrected chi connectivity index (χ4v) is 1.55. The molecule has 2 nitrogen and oxygen atoms in total.